The van der Waals surface area contributed by atoms with Gasteiger partial charge in [-0.3, -0.25) is 0 Å². The van der Waals surface area contributed by atoms with Gasteiger partial charge in [-0.25, -0.2) is 0 Å². The Morgan fingerprint density at radius 3 is 3.07 bits per heavy atom. The van der Waals surface area contributed by atoms with Gasteiger partial charge in [0.05, 0.1) is 12.8 Å². The standard InChI is InChI=1S/C12H16N2O/c13-14-7-11-2-1-3-12(6-11)9-15-8-10-4-5-10/h1-3,6-7,10H,4-5,8-9,13H2. The SMILES string of the molecule is NN=Cc1cccc(COCC2CC2)c1. The normalized spacial score (nSPS) is 16.0. The molecule has 0 radical (unpaired) electrons. The molecule has 0 unspecified atom stereocenters. The predicted molar refractivity (Wildman–Crippen MR) is 60.6 cm³/mol. The van der Waals surface area contributed by atoms with E-state index in [1.165, 1.54) is 18.4 Å². The topological polar surface area (TPSA) is 47.6 Å². The summed E-state index contributed by atoms with van der Waals surface area (Å²) in [6.45, 7) is 1.58. The minimum absolute atomic E-state index is 0.683. The van der Waals surface area contributed by atoms with Crippen molar-refractivity contribution in [2.45, 2.75) is 19.4 Å². The van der Waals surface area contributed by atoms with Gasteiger partial charge in [-0.05, 0) is 36.0 Å². The minimum Gasteiger partial charge on any atom is -0.376 e. The van der Waals surface area contributed by atoms with Gasteiger partial charge in [0.15, 0.2) is 0 Å². The lowest BCUT2D eigenvalue weighted by atomic mass is 10.1. The molecule has 2 N–H and O–H groups in total. The molecule has 0 amide bonds. The van der Waals surface area contributed by atoms with Crippen LogP contribution in [-0.2, 0) is 11.3 Å². The van der Waals surface area contributed by atoms with Crippen molar-refractivity contribution in [2.75, 3.05) is 6.61 Å². The van der Waals surface area contributed by atoms with Gasteiger partial charge in [0.2, 0.25) is 0 Å². The van der Waals surface area contributed by atoms with Crippen LogP contribution in [0, 0.1) is 5.92 Å². The van der Waals surface area contributed by atoms with Crippen molar-refractivity contribution in [3.05, 3.63) is 35.4 Å². The Bertz CT molecular complexity index is 345. The number of rotatable bonds is 5. The van der Waals surface area contributed by atoms with E-state index in [2.05, 4.69) is 11.2 Å². The lowest BCUT2D eigenvalue weighted by molar-refractivity contribution is 0.111. The summed E-state index contributed by atoms with van der Waals surface area (Å²) in [7, 11) is 0. The van der Waals surface area contributed by atoms with Gasteiger partial charge < -0.3 is 10.6 Å². The molecule has 0 atom stereocenters. The van der Waals surface area contributed by atoms with Crippen molar-refractivity contribution in [3.8, 4) is 0 Å². The van der Waals surface area contributed by atoms with E-state index in [-0.39, 0.29) is 0 Å². The second-order valence-electron chi connectivity index (χ2n) is 3.98. The molecular formula is C12H16N2O. The Hall–Kier alpha value is -1.35. The second kappa shape index (κ2) is 4.94. The molecule has 1 aliphatic rings. The third-order valence-electron chi connectivity index (χ3n) is 2.49. The number of nitrogens with two attached hydrogens (primary N) is 1. The van der Waals surface area contributed by atoms with Crippen molar-refractivity contribution >= 4 is 6.21 Å². The summed E-state index contributed by atoms with van der Waals surface area (Å²) in [4.78, 5) is 0. The highest BCUT2D eigenvalue weighted by Gasteiger charge is 2.20. The highest BCUT2D eigenvalue weighted by Crippen LogP contribution is 2.29. The van der Waals surface area contributed by atoms with Gasteiger partial charge in [0.1, 0.15) is 0 Å². The number of hydrogen-bond acceptors (Lipinski definition) is 3. The maximum atomic E-state index is 5.60. The fourth-order valence-electron chi connectivity index (χ4n) is 1.48. The van der Waals surface area contributed by atoms with E-state index in [1.54, 1.807) is 6.21 Å². The van der Waals surface area contributed by atoms with E-state index in [4.69, 9.17) is 10.6 Å². The zero-order valence-corrected chi connectivity index (χ0v) is 8.73. The van der Waals surface area contributed by atoms with Crippen LogP contribution in [0.3, 0.4) is 0 Å². The molecule has 0 saturated heterocycles. The first kappa shape index (κ1) is 10.2. The fraction of sp³-hybridized carbons (Fsp3) is 0.417. The predicted octanol–water partition coefficient (Wildman–Crippen LogP) is 1.91. The molecule has 1 saturated carbocycles. The van der Waals surface area contributed by atoms with Crippen LogP contribution in [0.25, 0.3) is 0 Å². The van der Waals surface area contributed by atoms with Crippen molar-refractivity contribution in [3.63, 3.8) is 0 Å². The van der Waals surface area contributed by atoms with Crippen LogP contribution < -0.4 is 5.84 Å². The molecular weight excluding hydrogens is 188 g/mol. The van der Waals surface area contributed by atoms with Crippen LogP contribution in [0.5, 0.6) is 0 Å². The van der Waals surface area contributed by atoms with E-state index < -0.39 is 0 Å². The molecule has 0 bridgehead atoms. The summed E-state index contributed by atoms with van der Waals surface area (Å²) >= 11 is 0. The average Bonchev–Trinajstić information content (AvgIpc) is 3.03. The summed E-state index contributed by atoms with van der Waals surface area (Å²) < 4.78 is 5.60. The van der Waals surface area contributed by atoms with Crippen LogP contribution in [0.15, 0.2) is 29.4 Å². The molecule has 3 heteroatoms. The van der Waals surface area contributed by atoms with Crippen molar-refractivity contribution < 1.29 is 4.74 Å². The maximum absolute atomic E-state index is 5.60. The van der Waals surface area contributed by atoms with Gasteiger partial charge in [-0.2, -0.15) is 5.10 Å². The summed E-state index contributed by atoms with van der Waals surface area (Å²) in [5, 5.41) is 3.50. The van der Waals surface area contributed by atoms with Crippen molar-refractivity contribution in [2.24, 2.45) is 16.9 Å². The van der Waals surface area contributed by atoms with Gasteiger partial charge in [0.25, 0.3) is 0 Å². The molecule has 1 aliphatic carbocycles. The highest BCUT2D eigenvalue weighted by atomic mass is 16.5. The molecule has 1 aromatic rings. The zero-order chi connectivity index (χ0) is 10.5. The van der Waals surface area contributed by atoms with Crippen molar-refractivity contribution in [1.82, 2.24) is 0 Å². The Balaban J connectivity index is 1.85. The van der Waals surface area contributed by atoms with E-state index in [1.807, 2.05) is 18.2 Å². The molecule has 0 aromatic heterocycles. The molecule has 0 spiro atoms. The summed E-state index contributed by atoms with van der Waals surface area (Å²) in [5.74, 6) is 5.92. The van der Waals surface area contributed by atoms with E-state index in [0.717, 1.165) is 18.1 Å². The number of nitrogens with zero attached hydrogens (tertiary/aromatic N) is 1. The van der Waals surface area contributed by atoms with Crippen LogP contribution in [0.1, 0.15) is 24.0 Å². The minimum atomic E-state index is 0.683. The molecule has 2 rings (SSSR count). The van der Waals surface area contributed by atoms with Crippen LogP contribution >= 0.6 is 0 Å². The number of hydrogen-bond donors (Lipinski definition) is 1. The Kier molecular flexibility index (Phi) is 3.35. The quantitative estimate of drug-likeness (QED) is 0.452. The highest BCUT2D eigenvalue weighted by molar-refractivity contribution is 5.79. The number of hydrazone groups is 1. The van der Waals surface area contributed by atoms with E-state index >= 15 is 0 Å². The summed E-state index contributed by atoms with van der Waals surface area (Å²) in [5.41, 5.74) is 2.19. The maximum Gasteiger partial charge on any atom is 0.0717 e. The molecule has 0 aliphatic heterocycles. The van der Waals surface area contributed by atoms with Crippen LogP contribution in [0.4, 0.5) is 0 Å². The lowest BCUT2D eigenvalue weighted by Gasteiger charge is -2.03. The first-order valence-corrected chi connectivity index (χ1v) is 5.28. The van der Waals surface area contributed by atoms with Gasteiger partial charge >= 0.3 is 0 Å². The summed E-state index contributed by atoms with van der Waals surface area (Å²) in [6.07, 6.45) is 4.31. The molecule has 3 nitrogen and oxygen atoms in total. The molecule has 1 fully saturated rings. The van der Waals surface area contributed by atoms with Crippen molar-refractivity contribution in [1.29, 1.82) is 0 Å². The first-order chi connectivity index (χ1) is 7.38. The fourth-order valence-corrected chi connectivity index (χ4v) is 1.48. The zero-order valence-electron chi connectivity index (χ0n) is 8.73. The molecule has 1 aromatic carbocycles. The average molecular weight is 204 g/mol. The molecule has 80 valence electrons. The van der Waals surface area contributed by atoms with Gasteiger partial charge in [-0.15, -0.1) is 0 Å². The smallest absolute Gasteiger partial charge is 0.0717 e. The molecule has 15 heavy (non-hydrogen) atoms. The summed E-state index contributed by atoms with van der Waals surface area (Å²) in [6, 6.07) is 8.07. The largest absolute Gasteiger partial charge is 0.376 e. The Morgan fingerprint density at radius 2 is 2.33 bits per heavy atom. The number of ether oxygens (including phenoxy) is 1. The van der Waals surface area contributed by atoms with Gasteiger partial charge in [0, 0.05) is 6.61 Å². The van der Waals surface area contributed by atoms with Crippen LogP contribution in [0.2, 0.25) is 0 Å². The van der Waals surface area contributed by atoms with Crippen LogP contribution in [-0.4, -0.2) is 12.8 Å². The lowest BCUT2D eigenvalue weighted by Crippen LogP contribution is -1.97. The van der Waals surface area contributed by atoms with E-state index in [0.29, 0.717) is 6.61 Å². The first-order valence-electron chi connectivity index (χ1n) is 5.28. The third-order valence-corrected chi connectivity index (χ3v) is 2.49. The number of benzene rings is 1. The third kappa shape index (κ3) is 3.36. The second-order valence-corrected chi connectivity index (χ2v) is 3.98. The van der Waals surface area contributed by atoms with E-state index in [9.17, 15) is 0 Å². The Labute approximate surface area is 89.9 Å². The monoisotopic (exact) mass is 204 g/mol. The Morgan fingerprint density at radius 1 is 1.47 bits per heavy atom. The van der Waals surface area contributed by atoms with Gasteiger partial charge in [-0.1, -0.05) is 18.2 Å². The molecule has 0 heterocycles.